The second-order valence-corrected chi connectivity index (χ2v) is 3.91. The summed E-state index contributed by atoms with van der Waals surface area (Å²) < 4.78 is 15.4. The van der Waals surface area contributed by atoms with E-state index < -0.39 is 13.4 Å². The first-order chi connectivity index (χ1) is 7.37. The molecule has 16 heavy (non-hydrogen) atoms. The number of nitrogens with zero attached hydrogens (tertiary/aromatic N) is 3. The van der Waals surface area contributed by atoms with Gasteiger partial charge in [0.1, 0.15) is 6.33 Å². The summed E-state index contributed by atoms with van der Waals surface area (Å²) in [6.45, 7) is 0. The summed E-state index contributed by atoms with van der Waals surface area (Å²) in [5.41, 5.74) is 4.32. The zero-order valence-electron chi connectivity index (χ0n) is 7.56. The van der Waals surface area contributed by atoms with Gasteiger partial charge in [0.2, 0.25) is 11.6 Å². The molecule has 2 rings (SSSR count). The van der Waals surface area contributed by atoms with Crippen LogP contribution in [-0.2, 0) is 4.57 Å². The summed E-state index contributed by atoms with van der Waals surface area (Å²) in [5.74, 6) is -0.214. The van der Waals surface area contributed by atoms with Crippen LogP contribution in [0.4, 0.5) is 5.95 Å². The van der Waals surface area contributed by atoms with Gasteiger partial charge in [-0.25, -0.2) is 9.55 Å². The number of hydrogen-bond acceptors (Lipinski definition) is 6. The van der Waals surface area contributed by atoms with Gasteiger partial charge in [-0.2, -0.15) is 4.98 Å². The lowest BCUT2D eigenvalue weighted by molar-refractivity contribution is 0.183. The predicted octanol–water partition coefficient (Wildman–Crippen LogP) is -1.78. The molecule has 11 heteroatoms. The SMILES string of the molecule is Nc1nc2c(ncn2OP(=O)(O)O)c(=O)[nH]1. The molecular weight excluding hydrogens is 241 g/mol. The molecule has 0 aromatic carbocycles. The van der Waals surface area contributed by atoms with Crippen LogP contribution in [0.3, 0.4) is 0 Å². The highest BCUT2D eigenvalue weighted by Crippen LogP contribution is 2.31. The lowest BCUT2D eigenvalue weighted by Gasteiger charge is -2.05. The highest BCUT2D eigenvalue weighted by molar-refractivity contribution is 7.46. The van der Waals surface area contributed by atoms with Gasteiger partial charge in [0, 0.05) is 0 Å². The highest BCUT2D eigenvalue weighted by atomic mass is 31.2. The number of hydrogen-bond donors (Lipinski definition) is 4. The number of nitrogen functional groups attached to an aromatic ring is 1. The van der Waals surface area contributed by atoms with Crippen LogP contribution >= 0.6 is 7.82 Å². The topological polar surface area (TPSA) is 156 Å². The minimum absolute atomic E-state index is 0.136. The lowest BCUT2D eigenvalue weighted by atomic mass is 10.5. The van der Waals surface area contributed by atoms with Gasteiger partial charge in [-0.1, -0.05) is 0 Å². The highest BCUT2D eigenvalue weighted by Gasteiger charge is 2.19. The smallest absolute Gasteiger partial charge is 0.369 e. The fourth-order valence-corrected chi connectivity index (χ4v) is 1.43. The summed E-state index contributed by atoms with van der Waals surface area (Å²) in [7, 11) is -4.76. The molecule has 0 aliphatic rings. The third-order valence-corrected chi connectivity index (χ3v) is 1.98. The summed E-state index contributed by atoms with van der Waals surface area (Å²) >= 11 is 0. The van der Waals surface area contributed by atoms with Crippen LogP contribution in [0.2, 0.25) is 0 Å². The Balaban J connectivity index is 2.65. The molecule has 2 heterocycles. The number of anilines is 1. The van der Waals surface area contributed by atoms with Gasteiger partial charge in [0.15, 0.2) is 5.52 Å². The molecule has 0 fully saturated rings. The van der Waals surface area contributed by atoms with E-state index in [9.17, 15) is 9.36 Å². The zero-order valence-corrected chi connectivity index (χ0v) is 8.46. The van der Waals surface area contributed by atoms with Crippen LogP contribution in [0.25, 0.3) is 11.2 Å². The first kappa shape index (κ1) is 10.6. The minimum Gasteiger partial charge on any atom is -0.369 e. The molecule has 0 saturated heterocycles. The molecule has 0 spiro atoms. The molecule has 0 aliphatic heterocycles. The van der Waals surface area contributed by atoms with Crippen LogP contribution < -0.4 is 15.9 Å². The van der Waals surface area contributed by atoms with Crippen LogP contribution in [0.15, 0.2) is 11.1 Å². The maximum atomic E-state index is 11.3. The Bertz CT molecular complexity index is 640. The van der Waals surface area contributed by atoms with Crippen LogP contribution in [0.1, 0.15) is 0 Å². The van der Waals surface area contributed by atoms with Crippen molar-refractivity contribution in [2.24, 2.45) is 0 Å². The summed E-state index contributed by atoms with van der Waals surface area (Å²) in [6, 6.07) is 0. The third-order valence-electron chi connectivity index (χ3n) is 1.59. The summed E-state index contributed by atoms with van der Waals surface area (Å²) in [5, 5.41) is 0. The fourth-order valence-electron chi connectivity index (χ4n) is 1.08. The summed E-state index contributed by atoms with van der Waals surface area (Å²) in [4.78, 5) is 37.8. The van der Waals surface area contributed by atoms with Gasteiger partial charge in [-0.05, 0) is 0 Å². The molecule has 10 nitrogen and oxygen atoms in total. The van der Waals surface area contributed by atoms with E-state index >= 15 is 0 Å². The molecule has 86 valence electrons. The number of fused-ring (bicyclic) bond motifs is 1. The third kappa shape index (κ3) is 1.89. The Labute approximate surface area is 86.9 Å². The minimum atomic E-state index is -4.76. The average molecular weight is 247 g/mol. The van der Waals surface area contributed by atoms with Crippen molar-refractivity contribution < 1.29 is 19.0 Å². The van der Waals surface area contributed by atoms with Crippen LogP contribution in [0, 0.1) is 0 Å². The van der Waals surface area contributed by atoms with Crippen molar-refractivity contribution in [2.75, 3.05) is 5.73 Å². The Morgan fingerprint density at radius 1 is 1.56 bits per heavy atom. The van der Waals surface area contributed by atoms with Gasteiger partial charge in [0.05, 0.1) is 0 Å². The first-order valence-electron chi connectivity index (χ1n) is 3.85. The molecular formula is C5H6N5O5P. The van der Waals surface area contributed by atoms with E-state index in [-0.39, 0.29) is 17.1 Å². The van der Waals surface area contributed by atoms with Crippen molar-refractivity contribution in [1.82, 2.24) is 19.7 Å². The molecule has 0 amide bonds. The molecule has 2 aromatic heterocycles. The molecule has 5 N–H and O–H groups in total. The van der Waals surface area contributed by atoms with Crippen molar-refractivity contribution in [3.8, 4) is 0 Å². The number of aromatic amines is 1. The van der Waals surface area contributed by atoms with Gasteiger partial charge in [-0.15, -0.1) is 4.73 Å². The number of phosphoric acid groups is 1. The van der Waals surface area contributed by atoms with E-state index in [1.54, 1.807) is 0 Å². The van der Waals surface area contributed by atoms with Gasteiger partial charge >= 0.3 is 7.82 Å². The van der Waals surface area contributed by atoms with Gasteiger partial charge in [0.25, 0.3) is 5.56 Å². The first-order valence-corrected chi connectivity index (χ1v) is 5.38. The maximum absolute atomic E-state index is 11.3. The monoisotopic (exact) mass is 247 g/mol. The number of aromatic nitrogens is 4. The van der Waals surface area contributed by atoms with E-state index in [1.807, 2.05) is 0 Å². The number of nitrogens with two attached hydrogens (primary N) is 1. The molecule has 0 radical (unpaired) electrons. The predicted molar refractivity (Wildman–Crippen MR) is 51.2 cm³/mol. The van der Waals surface area contributed by atoms with E-state index in [4.69, 9.17) is 15.5 Å². The Kier molecular flexibility index (Phi) is 2.19. The number of H-pyrrole nitrogens is 1. The lowest BCUT2D eigenvalue weighted by Crippen LogP contribution is -2.14. The van der Waals surface area contributed by atoms with Crippen LogP contribution in [0.5, 0.6) is 0 Å². The van der Waals surface area contributed by atoms with Crippen molar-refractivity contribution in [3.05, 3.63) is 16.7 Å². The van der Waals surface area contributed by atoms with E-state index in [0.29, 0.717) is 4.73 Å². The molecule has 0 bridgehead atoms. The van der Waals surface area contributed by atoms with Gasteiger partial charge in [-0.3, -0.25) is 19.6 Å². The molecule has 0 atom stereocenters. The van der Waals surface area contributed by atoms with E-state index in [2.05, 4.69) is 19.6 Å². The average Bonchev–Trinajstić information content (AvgIpc) is 2.46. The van der Waals surface area contributed by atoms with E-state index in [0.717, 1.165) is 6.33 Å². The van der Waals surface area contributed by atoms with Crippen molar-refractivity contribution in [1.29, 1.82) is 0 Å². The fraction of sp³-hybridized carbons (Fsp3) is 0. The zero-order chi connectivity index (χ0) is 11.9. The molecule has 0 aliphatic carbocycles. The Morgan fingerprint density at radius 2 is 2.25 bits per heavy atom. The normalized spacial score (nSPS) is 11.9. The van der Waals surface area contributed by atoms with Gasteiger partial charge < -0.3 is 10.4 Å². The second kappa shape index (κ2) is 3.30. The standard InChI is InChI=1S/C5H6N5O5P/c6-5-8-3-2(4(11)9-5)7-1-10(3)15-16(12,13)14/h1H,(H2,12,13,14)(H3,6,8,9,11). The summed E-state index contributed by atoms with van der Waals surface area (Å²) in [6.07, 6.45) is 0.908. The Morgan fingerprint density at radius 3 is 2.88 bits per heavy atom. The van der Waals surface area contributed by atoms with Crippen molar-refractivity contribution >= 4 is 24.9 Å². The number of imidazole rings is 1. The van der Waals surface area contributed by atoms with Crippen molar-refractivity contribution in [3.63, 3.8) is 0 Å². The van der Waals surface area contributed by atoms with E-state index in [1.165, 1.54) is 0 Å². The number of rotatable bonds is 2. The second-order valence-electron chi connectivity index (χ2n) is 2.77. The number of nitrogens with one attached hydrogen (secondary N) is 1. The molecule has 0 saturated carbocycles. The van der Waals surface area contributed by atoms with Crippen LogP contribution in [-0.4, -0.2) is 29.5 Å². The largest absolute Gasteiger partial charge is 0.543 e. The van der Waals surface area contributed by atoms with Crippen molar-refractivity contribution in [2.45, 2.75) is 0 Å². The quantitative estimate of drug-likeness (QED) is 0.454. The maximum Gasteiger partial charge on any atom is 0.543 e. The Hall–Kier alpha value is -1.90. The molecule has 0 unspecified atom stereocenters. The molecule has 2 aromatic rings.